The minimum Gasteiger partial charge on any atom is -0.493 e. The molecule has 1 fully saturated rings. The molecule has 5 rings (SSSR count). The van der Waals surface area contributed by atoms with E-state index in [0.717, 1.165) is 29.6 Å². The number of benzene rings is 2. The molecule has 38 heavy (non-hydrogen) atoms. The van der Waals surface area contributed by atoms with Crippen LogP contribution in [0.2, 0.25) is 0 Å². The quantitative estimate of drug-likeness (QED) is 0.303. The normalized spacial score (nSPS) is 14.1. The van der Waals surface area contributed by atoms with Crippen LogP contribution >= 0.6 is 0 Å². The van der Waals surface area contributed by atoms with E-state index in [0.29, 0.717) is 60.6 Å². The molecule has 0 saturated carbocycles. The molecule has 0 radical (unpaired) electrons. The molecule has 0 N–H and O–H groups in total. The van der Waals surface area contributed by atoms with Gasteiger partial charge in [-0.3, -0.25) is 4.79 Å². The number of fused-ring (bicyclic) bond motifs is 1. The predicted octanol–water partition coefficient (Wildman–Crippen LogP) is 5.12. The standard InChI is InChI=1S/C29H33N3O6/c1-5-37-22-8-6-7-21-17-25(38-26(21)22)29(33)31-12-9-20(10-13-31)28-30-11-14-32(28)18-19-15-23(34-2)27(36-4)24(16-19)35-3/h6-8,11,14-17,20H,5,9-10,12-13,18H2,1-4H3. The fourth-order valence-electron chi connectivity index (χ4n) is 5.15. The number of furan rings is 1. The molecule has 0 aliphatic carbocycles. The van der Waals surface area contributed by atoms with Crippen LogP contribution in [0.15, 0.2) is 53.2 Å². The second kappa shape index (κ2) is 11.1. The van der Waals surface area contributed by atoms with E-state index >= 15 is 0 Å². The Hall–Kier alpha value is -4.14. The summed E-state index contributed by atoms with van der Waals surface area (Å²) in [5, 5.41) is 0.864. The maximum absolute atomic E-state index is 13.2. The molecule has 1 aliphatic heterocycles. The molecule has 2 aromatic heterocycles. The summed E-state index contributed by atoms with van der Waals surface area (Å²) in [6, 6.07) is 11.4. The lowest BCUT2D eigenvalue weighted by Gasteiger charge is -2.31. The van der Waals surface area contributed by atoms with Crippen LogP contribution in [0, 0.1) is 0 Å². The molecule has 200 valence electrons. The third-order valence-corrected chi connectivity index (χ3v) is 6.99. The van der Waals surface area contributed by atoms with Gasteiger partial charge in [-0.05, 0) is 49.6 Å². The van der Waals surface area contributed by atoms with Crippen LogP contribution in [0.1, 0.15) is 47.6 Å². The van der Waals surface area contributed by atoms with Gasteiger partial charge in [0.15, 0.2) is 28.6 Å². The van der Waals surface area contributed by atoms with Crippen LogP contribution in [-0.2, 0) is 6.54 Å². The molecule has 0 bridgehead atoms. The summed E-state index contributed by atoms with van der Waals surface area (Å²) in [4.78, 5) is 19.8. The molecule has 0 atom stereocenters. The highest BCUT2D eigenvalue weighted by molar-refractivity contribution is 5.97. The molecule has 0 spiro atoms. The Bertz CT molecular complexity index is 1390. The Morgan fingerprint density at radius 1 is 1.03 bits per heavy atom. The second-order valence-electron chi connectivity index (χ2n) is 9.23. The molecule has 3 heterocycles. The maximum Gasteiger partial charge on any atom is 0.289 e. The number of carbonyl (C=O) groups excluding carboxylic acids is 1. The summed E-state index contributed by atoms with van der Waals surface area (Å²) in [7, 11) is 4.82. The van der Waals surface area contributed by atoms with Gasteiger partial charge in [0, 0.05) is 43.3 Å². The van der Waals surface area contributed by atoms with E-state index in [2.05, 4.69) is 9.55 Å². The molecule has 9 heteroatoms. The number of piperidine rings is 1. The molecule has 1 amide bonds. The zero-order valence-electron chi connectivity index (χ0n) is 22.2. The number of methoxy groups -OCH3 is 3. The summed E-state index contributed by atoms with van der Waals surface area (Å²) in [5.74, 6) is 3.97. The van der Waals surface area contributed by atoms with Crippen molar-refractivity contribution in [2.45, 2.75) is 32.2 Å². The van der Waals surface area contributed by atoms with E-state index < -0.39 is 0 Å². The number of aromatic nitrogens is 2. The fourth-order valence-corrected chi connectivity index (χ4v) is 5.15. The van der Waals surface area contributed by atoms with Crippen LogP contribution in [0.25, 0.3) is 11.0 Å². The summed E-state index contributed by atoms with van der Waals surface area (Å²) < 4.78 is 30.2. The first-order chi connectivity index (χ1) is 18.6. The van der Waals surface area contributed by atoms with Crippen molar-refractivity contribution in [3.8, 4) is 23.0 Å². The number of likely N-dealkylation sites (tertiary alicyclic amines) is 1. The SMILES string of the molecule is CCOc1cccc2cc(C(=O)N3CCC(c4nccn4Cc4cc(OC)c(OC)c(OC)c4)CC3)oc12. The molecule has 4 aromatic rings. The zero-order chi connectivity index (χ0) is 26.6. The first-order valence-electron chi connectivity index (χ1n) is 12.8. The smallest absolute Gasteiger partial charge is 0.289 e. The molecule has 1 aliphatic rings. The number of para-hydroxylation sites is 1. The monoisotopic (exact) mass is 519 g/mol. The van der Waals surface area contributed by atoms with Crippen molar-refractivity contribution in [3.63, 3.8) is 0 Å². The summed E-state index contributed by atoms with van der Waals surface area (Å²) >= 11 is 0. The van der Waals surface area contributed by atoms with E-state index in [4.69, 9.17) is 23.4 Å². The van der Waals surface area contributed by atoms with Gasteiger partial charge in [-0.1, -0.05) is 12.1 Å². The predicted molar refractivity (Wildman–Crippen MR) is 143 cm³/mol. The highest BCUT2D eigenvalue weighted by atomic mass is 16.5. The molecular formula is C29H33N3O6. The van der Waals surface area contributed by atoms with E-state index in [-0.39, 0.29) is 11.8 Å². The number of hydrogen-bond acceptors (Lipinski definition) is 7. The molecular weight excluding hydrogens is 486 g/mol. The third kappa shape index (κ3) is 4.88. The summed E-state index contributed by atoms with van der Waals surface area (Å²) in [5.41, 5.74) is 1.63. The lowest BCUT2D eigenvalue weighted by atomic mass is 9.95. The Balaban J connectivity index is 1.28. The van der Waals surface area contributed by atoms with Crippen molar-refractivity contribution >= 4 is 16.9 Å². The third-order valence-electron chi connectivity index (χ3n) is 6.99. The van der Waals surface area contributed by atoms with Crippen LogP contribution in [0.3, 0.4) is 0 Å². The van der Waals surface area contributed by atoms with Gasteiger partial charge < -0.3 is 32.8 Å². The van der Waals surface area contributed by atoms with E-state index in [1.54, 1.807) is 27.4 Å². The number of imidazole rings is 1. The van der Waals surface area contributed by atoms with Gasteiger partial charge in [-0.25, -0.2) is 4.98 Å². The number of nitrogens with zero attached hydrogens (tertiary/aromatic N) is 3. The van der Waals surface area contributed by atoms with Gasteiger partial charge in [0.05, 0.1) is 27.9 Å². The first kappa shape index (κ1) is 25.5. The van der Waals surface area contributed by atoms with Crippen LogP contribution < -0.4 is 18.9 Å². The average Bonchev–Trinajstić information content (AvgIpc) is 3.60. The number of hydrogen-bond donors (Lipinski definition) is 0. The molecule has 0 unspecified atom stereocenters. The lowest BCUT2D eigenvalue weighted by Crippen LogP contribution is -2.38. The number of rotatable bonds is 9. The Morgan fingerprint density at radius 2 is 1.76 bits per heavy atom. The van der Waals surface area contributed by atoms with Gasteiger partial charge in [0.2, 0.25) is 5.75 Å². The van der Waals surface area contributed by atoms with E-state index in [9.17, 15) is 4.79 Å². The number of carbonyl (C=O) groups is 1. The minimum atomic E-state index is -0.0946. The van der Waals surface area contributed by atoms with Crippen molar-refractivity contribution in [1.29, 1.82) is 0 Å². The van der Waals surface area contributed by atoms with Crippen molar-refractivity contribution in [2.75, 3.05) is 41.0 Å². The number of ether oxygens (including phenoxy) is 4. The fraction of sp³-hybridized carbons (Fsp3) is 0.379. The molecule has 9 nitrogen and oxygen atoms in total. The van der Waals surface area contributed by atoms with E-state index in [1.165, 1.54) is 0 Å². The molecule has 1 saturated heterocycles. The van der Waals surface area contributed by atoms with Crippen LogP contribution in [0.4, 0.5) is 0 Å². The Morgan fingerprint density at radius 3 is 2.42 bits per heavy atom. The molecule has 2 aromatic carbocycles. The zero-order valence-corrected chi connectivity index (χ0v) is 22.2. The number of amides is 1. The minimum absolute atomic E-state index is 0.0946. The van der Waals surface area contributed by atoms with Gasteiger partial charge in [-0.2, -0.15) is 0 Å². The average molecular weight is 520 g/mol. The van der Waals surface area contributed by atoms with Gasteiger partial charge in [0.25, 0.3) is 5.91 Å². The second-order valence-corrected chi connectivity index (χ2v) is 9.23. The van der Waals surface area contributed by atoms with Crippen molar-refractivity contribution in [1.82, 2.24) is 14.5 Å². The largest absolute Gasteiger partial charge is 0.493 e. The van der Waals surface area contributed by atoms with E-state index in [1.807, 2.05) is 54.5 Å². The summed E-state index contributed by atoms with van der Waals surface area (Å²) in [6.07, 6.45) is 5.46. The van der Waals surface area contributed by atoms with Gasteiger partial charge in [-0.15, -0.1) is 0 Å². The van der Waals surface area contributed by atoms with Crippen LogP contribution in [0.5, 0.6) is 23.0 Å². The van der Waals surface area contributed by atoms with Gasteiger partial charge >= 0.3 is 0 Å². The van der Waals surface area contributed by atoms with Gasteiger partial charge in [0.1, 0.15) is 5.82 Å². The van der Waals surface area contributed by atoms with Crippen molar-refractivity contribution in [3.05, 3.63) is 65.9 Å². The lowest BCUT2D eigenvalue weighted by molar-refractivity contribution is 0.0680. The highest BCUT2D eigenvalue weighted by Gasteiger charge is 2.29. The topological polar surface area (TPSA) is 88.2 Å². The van der Waals surface area contributed by atoms with Crippen molar-refractivity contribution in [2.24, 2.45) is 0 Å². The first-order valence-corrected chi connectivity index (χ1v) is 12.8. The maximum atomic E-state index is 13.2. The Kier molecular flexibility index (Phi) is 7.44. The Labute approximate surface area is 221 Å². The van der Waals surface area contributed by atoms with Crippen molar-refractivity contribution < 1.29 is 28.2 Å². The summed E-state index contributed by atoms with van der Waals surface area (Å²) in [6.45, 7) is 4.35. The van der Waals surface area contributed by atoms with Crippen LogP contribution in [-0.4, -0.2) is 61.4 Å². The highest BCUT2D eigenvalue weighted by Crippen LogP contribution is 2.39.